The normalized spacial score (nSPS) is 18.1. The molecule has 0 bridgehead atoms. The number of hydrogen-bond donors (Lipinski definition) is 0. The van der Waals surface area contributed by atoms with Crippen molar-refractivity contribution in [1.82, 2.24) is 0 Å². The molecule has 1 unspecified atom stereocenters. The SMILES string of the molecule is CCOC(=O)CC1CCOc2cc(Cl)ccc21. The van der Waals surface area contributed by atoms with Crippen molar-refractivity contribution in [2.24, 2.45) is 0 Å². The van der Waals surface area contributed by atoms with Gasteiger partial charge >= 0.3 is 5.97 Å². The molecule has 0 radical (unpaired) electrons. The molecule has 1 aromatic rings. The van der Waals surface area contributed by atoms with Gasteiger partial charge in [0.1, 0.15) is 5.75 Å². The average Bonchev–Trinajstić information content (AvgIpc) is 2.29. The van der Waals surface area contributed by atoms with Crippen LogP contribution in [0.4, 0.5) is 0 Å². The van der Waals surface area contributed by atoms with Crippen LogP contribution in [0.5, 0.6) is 5.75 Å². The minimum atomic E-state index is -0.152. The number of fused-ring (bicyclic) bond motifs is 1. The summed E-state index contributed by atoms with van der Waals surface area (Å²) in [5.74, 6) is 0.813. The van der Waals surface area contributed by atoms with Crippen molar-refractivity contribution in [3.63, 3.8) is 0 Å². The molecular formula is C13H15ClO3. The smallest absolute Gasteiger partial charge is 0.306 e. The molecule has 17 heavy (non-hydrogen) atoms. The predicted octanol–water partition coefficient (Wildman–Crippen LogP) is 3.16. The zero-order chi connectivity index (χ0) is 12.3. The van der Waals surface area contributed by atoms with E-state index in [1.165, 1.54) is 0 Å². The van der Waals surface area contributed by atoms with Crippen LogP contribution in [0.3, 0.4) is 0 Å². The number of esters is 1. The van der Waals surface area contributed by atoms with Gasteiger partial charge in [0, 0.05) is 10.9 Å². The number of halogens is 1. The van der Waals surface area contributed by atoms with Crippen molar-refractivity contribution in [2.45, 2.75) is 25.7 Å². The van der Waals surface area contributed by atoms with Crippen molar-refractivity contribution in [3.05, 3.63) is 28.8 Å². The molecule has 0 fully saturated rings. The quantitative estimate of drug-likeness (QED) is 0.778. The molecule has 1 aliphatic rings. The van der Waals surface area contributed by atoms with Crippen molar-refractivity contribution in [2.75, 3.05) is 13.2 Å². The third-order valence-electron chi connectivity index (χ3n) is 2.86. The fraction of sp³-hybridized carbons (Fsp3) is 0.462. The van der Waals surface area contributed by atoms with E-state index in [0.717, 1.165) is 17.7 Å². The third kappa shape index (κ3) is 2.91. The Labute approximate surface area is 106 Å². The molecular weight excluding hydrogens is 240 g/mol. The lowest BCUT2D eigenvalue weighted by Crippen LogP contribution is -2.18. The lowest BCUT2D eigenvalue weighted by molar-refractivity contribution is -0.143. The molecule has 1 heterocycles. The number of ether oxygens (including phenoxy) is 2. The summed E-state index contributed by atoms with van der Waals surface area (Å²) in [4.78, 5) is 11.5. The summed E-state index contributed by atoms with van der Waals surface area (Å²) < 4.78 is 10.5. The predicted molar refractivity (Wildman–Crippen MR) is 65.6 cm³/mol. The Bertz CT molecular complexity index is 417. The second-order valence-corrected chi connectivity index (χ2v) is 4.46. The number of benzene rings is 1. The van der Waals surface area contributed by atoms with Crippen LogP contribution in [0.2, 0.25) is 5.02 Å². The van der Waals surface area contributed by atoms with Gasteiger partial charge in [0.2, 0.25) is 0 Å². The highest BCUT2D eigenvalue weighted by Gasteiger charge is 2.24. The van der Waals surface area contributed by atoms with E-state index in [1.807, 2.05) is 19.1 Å². The average molecular weight is 255 g/mol. The van der Waals surface area contributed by atoms with Gasteiger partial charge in [-0.3, -0.25) is 4.79 Å². The summed E-state index contributed by atoms with van der Waals surface area (Å²) in [7, 11) is 0. The van der Waals surface area contributed by atoms with Crippen molar-refractivity contribution in [1.29, 1.82) is 0 Å². The largest absolute Gasteiger partial charge is 0.493 e. The first kappa shape index (κ1) is 12.2. The fourth-order valence-electron chi connectivity index (χ4n) is 2.07. The van der Waals surface area contributed by atoms with Gasteiger partial charge in [0.05, 0.1) is 19.6 Å². The Balaban J connectivity index is 2.14. The maximum absolute atomic E-state index is 11.5. The molecule has 0 N–H and O–H groups in total. The maximum atomic E-state index is 11.5. The lowest BCUT2D eigenvalue weighted by atomic mass is 9.90. The van der Waals surface area contributed by atoms with E-state index < -0.39 is 0 Å². The van der Waals surface area contributed by atoms with Crippen LogP contribution >= 0.6 is 11.6 Å². The lowest BCUT2D eigenvalue weighted by Gasteiger charge is -2.25. The molecule has 0 aliphatic carbocycles. The molecule has 0 aromatic heterocycles. The van der Waals surface area contributed by atoms with Crippen LogP contribution in [0, 0.1) is 0 Å². The van der Waals surface area contributed by atoms with Crippen LogP contribution in [0.1, 0.15) is 31.2 Å². The van der Waals surface area contributed by atoms with Crippen LogP contribution in [0.15, 0.2) is 18.2 Å². The minimum absolute atomic E-state index is 0.152. The first-order valence-electron chi connectivity index (χ1n) is 5.78. The highest BCUT2D eigenvalue weighted by Crippen LogP contribution is 2.37. The number of carbonyl (C=O) groups is 1. The van der Waals surface area contributed by atoms with Crippen molar-refractivity contribution >= 4 is 17.6 Å². The molecule has 1 atom stereocenters. The summed E-state index contributed by atoms with van der Waals surface area (Å²) in [5, 5.41) is 0.653. The number of hydrogen-bond acceptors (Lipinski definition) is 3. The second-order valence-electron chi connectivity index (χ2n) is 4.03. The highest BCUT2D eigenvalue weighted by atomic mass is 35.5. The standard InChI is InChI=1S/C13H15ClO3/c1-2-16-13(15)7-9-5-6-17-12-8-10(14)3-4-11(9)12/h3-4,8-9H,2,5-7H2,1H3. The van der Waals surface area contributed by atoms with Crippen molar-refractivity contribution < 1.29 is 14.3 Å². The van der Waals surface area contributed by atoms with Gasteiger partial charge < -0.3 is 9.47 Å². The van der Waals surface area contributed by atoms with Gasteiger partial charge in [0.15, 0.2) is 0 Å². The van der Waals surface area contributed by atoms with Crippen LogP contribution < -0.4 is 4.74 Å². The molecule has 4 heteroatoms. The van der Waals surface area contributed by atoms with Gasteiger partial charge in [0.25, 0.3) is 0 Å². The molecule has 0 saturated heterocycles. The monoisotopic (exact) mass is 254 g/mol. The Morgan fingerprint density at radius 2 is 2.41 bits per heavy atom. The summed E-state index contributed by atoms with van der Waals surface area (Å²) >= 11 is 5.91. The second kappa shape index (κ2) is 5.41. The highest BCUT2D eigenvalue weighted by molar-refractivity contribution is 6.30. The van der Waals surface area contributed by atoms with E-state index in [9.17, 15) is 4.79 Å². The van der Waals surface area contributed by atoms with Crippen molar-refractivity contribution in [3.8, 4) is 5.75 Å². The summed E-state index contributed by atoms with van der Waals surface area (Å²) in [6.07, 6.45) is 1.25. The van der Waals surface area contributed by atoms with Gasteiger partial charge in [-0.2, -0.15) is 0 Å². The number of carbonyl (C=O) groups excluding carboxylic acids is 1. The molecule has 0 saturated carbocycles. The topological polar surface area (TPSA) is 35.5 Å². The van der Waals surface area contributed by atoms with E-state index in [4.69, 9.17) is 21.1 Å². The molecule has 3 nitrogen and oxygen atoms in total. The van der Waals surface area contributed by atoms with E-state index in [1.54, 1.807) is 6.07 Å². The van der Waals surface area contributed by atoms with Gasteiger partial charge in [-0.05, 0) is 31.0 Å². The molecule has 1 aliphatic heterocycles. The first-order chi connectivity index (χ1) is 8.20. The third-order valence-corrected chi connectivity index (χ3v) is 3.09. The van der Waals surface area contributed by atoms with Gasteiger partial charge in [-0.1, -0.05) is 17.7 Å². The molecule has 1 aromatic carbocycles. The maximum Gasteiger partial charge on any atom is 0.306 e. The van der Waals surface area contributed by atoms with E-state index in [2.05, 4.69) is 0 Å². The Hall–Kier alpha value is -1.22. The van der Waals surface area contributed by atoms with E-state index >= 15 is 0 Å². The number of rotatable bonds is 3. The Morgan fingerprint density at radius 3 is 3.18 bits per heavy atom. The Morgan fingerprint density at radius 1 is 1.59 bits per heavy atom. The van der Waals surface area contributed by atoms with Gasteiger partial charge in [-0.25, -0.2) is 0 Å². The molecule has 0 amide bonds. The van der Waals surface area contributed by atoms with Crippen LogP contribution in [0.25, 0.3) is 0 Å². The van der Waals surface area contributed by atoms with E-state index in [0.29, 0.717) is 24.7 Å². The first-order valence-corrected chi connectivity index (χ1v) is 6.16. The fourth-order valence-corrected chi connectivity index (χ4v) is 2.23. The summed E-state index contributed by atoms with van der Waals surface area (Å²) in [6, 6.07) is 5.56. The van der Waals surface area contributed by atoms with E-state index in [-0.39, 0.29) is 11.9 Å². The summed E-state index contributed by atoms with van der Waals surface area (Å²) in [6.45, 7) is 2.86. The molecule has 0 spiro atoms. The minimum Gasteiger partial charge on any atom is -0.493 e. The van der Waals surface area contributed by atoms with Crippen LogP contribution in [-0.4, -0.2) is 19.2 Å². The molecule has 92 valence electrons. The Kier molecular flexibility index (Phi) is 3.89. The van der Waals surface area contributed by atoms with Crippen LogP contribution in [-0.2, 0) is 9.53 Å². The molecule has 2 rings (SSSR count). The zero-order valence-corrected chi connectivity index (χ0v) is 10.5. The zero-order valence-electron chi connectivity index (χ0n) is 9.74. The van der Waals surface area contributed by atoms with Gasteiger partial charge in [-0.15, -0.1) is 0 Å². The summed E-state index contributed by atoms with van der Waals surface area (Å²) in [5.41, 5.74) is 1.05.